The van der Waals surface area contributed by atoms with Crippen molar-refractivity contribution in [2.75, 3.05) is 5.73 Å². The van der Waals surface area contributed by atoms with Crippen LogP contribution in [0.25, 0.3) is 0 Å². The lowest BCUT2D eigenvalue weighted by Crippen LogP contribution is -2.11. The monoisotopic (exact) mass is 180 g/mol. The maximum absolute atomic E-state index is 11.0. The lowest BCUT2D eigenvalue weighted by molar-refractivity contribution is 0.515. The molecule has 0 saturated carbocycles. The van der Waals surface area contributed by atoms with Gasteiger partial charge in [0.1, 0.15) is 0 Å². The van der Waals surface area contributed by atoms with Crippen molar-refractivity contribution in [1.82, 2.24) is 4.57 Å². The van der Waals surface area contributed by atoms with Gasteiger partial charge in [-0.25, -0.2) is 0 Å². The van der Waals surface area contributed by atoms with Crippen LogP contribution in [0.3, 0.4) is 0 Å². The minimum atomic E-state index is -0.0965. The van der Waals surface area contributed by atoms with Crippen molar-refractivity contribution in [3.8, 4) is 0 Å². The third-order valence-electron chi connectivity index (χ3n) is 1.97. The number of rotatable bonds is 3. The van der Waals surface area contributed by atoms with Crippen LogP contribution in [-0.2, 0) is 6.54 Å². The van der Waals surface area contributed by atoms with Gasteiger partial charge >= 0.3 is 0 Å². The highest BCUT2D eigenvalue weighted by Crippen LogP contribution is 2.02. The van der Waals surface area contributed by atoms with Crippen LogP contribution in [0.5, 0.6) is 0 Å². The van der Waals surface area contributed by atoms with Crippen molar-refractivity contribution in [3.63, 3.8) is 0 Å². The summed E-state index contributed by atoms with van der Waals surface area (Å²) < 4.78 is 1.96. The second-order valence-electron chi connectivity index (χ2n) is 3.68. The fourth-order valence-corrected chi connectivity index (χ4v) is 1.09. The molecule has 0 aliphatic heterocycles. The molecule has 0 aliphatic rings. The Balaban J connectivity index is 2.69. The first-order valence-corrected chi connectivity index (χ1v) is 4.55. The number of nitrogens with zero attached hydrogens (tertiary/aromatic N) is 1. The van der Waals surface area contributed by atoms with Crippen LogP contribution in [0.2, 0.25) is 0 Å². The van der Waals surface area contributed by atoms with Gasteiger partial charge in [-0.2, -0.15) is 0 Å². The number of hydrogen-bond acceptors (Lipinski definition) is 2. The van der Waals surface area contributed by atoms with Crippen LogP contribution in [-0.4, -0.2) is 4.57 Å². The summed E-state index contributed by atoms with van der Waals surface area (Å²) in [6.07, 6.45) is 4.58. The van der Waals surface area contributed by atoms with Gasteiger partial charge in [0.25, 0.3) is 0 Å². The Hall–Kier alpha value is -1.25. The first kappa shape index (κ1) is 9.84. The van der Waals surface area contributed by atoms with Crippen LogP contribution in [0, 0.1) is 5.92 Å². The van der Waals surface area contributed by atoms with Crippen LogP contribution in [0.1, 0.15) is 20.3 Å². The predicted octanol–water partition coefficient (Wildman–Crippen LogP) is 1.48. The summed E-state index contributed by atoms with van der Waals surface area (Å²) in [6.45, 7) is 5.26. The van der Waals surface area contributed by atoms with Gasteiger partial charge in [0.05, 0.1) is 5.69 Å². The van der Waals surface area contributed by atoms with Gasteiger partial charge in [-0.05, 0) is 12.3 Å². The van der Waals surface area contributed by atoms with E-state index in [1.165, 1.54) is 6.07 Å². The zero-order chi connectivity index (χ0) is 9.84. The van der Waals surface area contributed by atoms with E-state index in [0.717, 1.165) is 13.0 Å². The van der Waals surface area contributed by atoms with Crippen LogP contribution < -0.4 is 11.2 Å². The fraction of sp³-hybridized carbons (Fsp3) is 0.500. The average molecular weight is 180 g/mol. The molecule has 72 valence electrons. The topological polar surface area (TPSA) is 48.0 Å². The minimum Gasteiger partial charge on any atom is -0.394 e. The SMILES string of the molecule is CC(C)CCn1ccc(=O)c(N)c1. The van der Waals surface area contributed by atoms with Gasteiger partial charge in [0.2, 0.25) is 5.43 Å². The van der Waals surface area contributed by atoms with Crippen LogP contribution >= 0.6 is 0 Å². The number of pyridine rings is 1. The van der Waals surface area contributed by atoms with Gasteiger partial charge in [-0.3, -0.25) is 4.79 Å². The van der Waals surface area contributed by atoms with E-state index >= 15 is 0 Å². The van der Waals surface area contributed by atoms with E-state index in [-0.39, 0.29) is 5.43 Å². The lowest BCUT2D eigenvalue weighted by Gasteiger charge is -2.08. The van der Waals surface area contributed by atoms with Crippen LogP contribution in [0.4, 0.5) is 5.69 Å². The van der Waals surface area contributed by atoms with Gasteiger partial charge in [0.15, 0.2) is 0 Å². The molecule has 0 fully saturated rings. The van der Waals surface area contributed by atoms with E-state index in [0.29, 0.717) is 11.6 Å². The number of aryl methyl sites for hydroxylation is 1. The van der Waals surface area contributed by atoms with Crippen LogP contribution in [0.15, 0.2) is 23.3 Å². The molecular weight excluding hydrogens is 164 g/mol. The van der Waals surface area contributed by atoms with E-state index in [1.807, 2.05) is 4.57 Å². The summed E-state index contributed by atoms with van der Waals surface area (Å²) in [5, 5.41) is 0. The predicted molar refractivity (Wildman–Crippen MR) is 54.6 cm³/mol. The normalized spacial score (nSPS) is 10.7. The molecule has 1 rings (SSSR count). The van der Waals surface area contributed by atoms with E-state index in [1.54, 1.807) is 12.4 Å². The zero-order valence-corrected chi connectivity index (χ0v) is 8.16. The molecule has 0 unspecified atom stereocenters. The van der Waals surface area contributed by atoms with E-state index in [9.17, 15) is 4.79 Å². The molecule has 0 spiro atoms. The molecule has 1 aromatic heterocycles. The summed E-state index contributed by atoms with van der Waals surface area (Å²) in [5.41, 5.74) is 5.72. The number of aromatic nitrogens is 1. The van der Waals surface area contributed by atoms with Crippen molar-refractivity contribution < 1.29 is 0 Å². The molecule has 0 amide bonds. The Labute approximate surface area is 78.2 Å². The summed E-state index contributed by atoms with van der Waals surface area (Å²) in [6, 6.07) is 1.51. The molecule has 0 bridgehead atoms. The Kier molecular flexibility index (Phi) is 3.12. The third kappa shape index (κ3) is 2.93. The highest BCUT2D eigenvalue weighted by molar-refractivity contribution is 5.33. The zero-order valence-electron chi connectivity index (χ0n) is 8.16. The quantitative estimate of drug-likeness (QED) is 0.765. The largest absolute Gasteiger partial charge is 0.394 e. The second kappa shape index (κ2) is 4.12. The molecule has 3 nitrogen and oxygen atoms in total. The van der Waals surface area contributed by atoms with Crippen molar-refractivity contribution in [2.45, 2.75) is 26.8 Å². The van der Waals surface area contributed by atoms with Crippen molar-refractivity contribution in [1.29, 1.82) is 0 Å². The van der Waals surface area contributed by atoms with Crippen molar-refractivity contribution >= 4 is 5.69 Å². The summed E-state index contributed by atoms with van der Waals surface area (Å²) in [7, 11) is 0. The summed E-state index contributed by atoms with van der Waals surface area (Å²) in [4.78, 5) is 11.0. The molecule has 3 heteroatoms. The molecular formula is C10H16N2O. The van der Waals surface area contributed by atoms with Gasteiger partial charge < -0.3 is 10.3 Å². The number of nitrogen functional groups attached to an aromatic ring is 1. The number of anilines is 1. The van der Waals surface area contributed by atoms with E-state index in [4.69, 9.17) is 5.73 Å². The Bertz CT molecular complexity index is 328. The molecule has 1 aromatic rings. The summed E-state index contributed by atoms with van der Waals surface area (Å²) in [5.74, 6) is 0.667. The molecule has 1 heterocycles. The average Bonchev–Trinajstić information content (AvgIpc) is 2.07. The Morgan fingerprint density at radius 3 is 2.77 bits per heavy atom. The maximum atomic E-state index is 11.0. The second-order valence-corrected chi connectivity index (χ2v) is 3.68. The first-order chi connectivity index (χ1) is 6.09. The number of hydrogen-bond donors (Lipinski definition) is 1. The minimum absolute atomic E-state index is 0.0965. The van der Waals surface area contributed by atoms with Crippen molar-refractivity contribution in [3.05, 3.63) is 28.7 Å². The fourth-order valence-electron chi connectivity index (χ4n) is 1.09. The highest BCUT2D eigenvalue weighted by atomic mass is 16.1. The molecule has 2 N–H and O–H groups in total. The van der Waals surface area contributed by atoms with E-state index in [2.05, 4.69) is 13.8 Å². The molecule has 0 radical (unpaired) electrons. The van der Waals surface area contributed by atoms with Crippen molar-refractivity contribution in [2.24, 2.45) is 5.92 Å². The molecule has 0 aromatic carbocycles. The van der Waals surface area contributed by atoms with Gasteiger partial charge in [-0.1, -0.05) is 13.8 Å². The third-order valence-corrected chi connectivity index (χ3v) is 1.97. The Morgan fingerprint density at radius 2 is 2.23 bits per heavy atom. The Morgan fingerprint density at radius 1 is 1.54 bits per heavy atom. The first-order valence-electron chi connectivity index (χ1n) is 4.55. The lowest BCUT2D eigenvalue weighted by atomic mass is 10.1. The molecule has 0 saturated heterocycles. The highest BCUT2D eigenvalue weighted by Gasteiger charge is 1.97. The molecule has 13 heavy (non-hydrogen) atoms. The standard InChI is InChI=1S/C10H16N2O/c1-8(2)3-5-12-6-4-10(13)9(11)7-12/h4,6-8H,3,5,11H2,1-2H3. The summed E-state index contributed by atoms with van der Waals surface area (Å²) >= 11 is 0. The molecule has 0 aliphatic carbocycles. The maximum Gasteiger partial charge on any atom is 0.204 e. The number of nitrogens with two attached hydrogens (primary N) is 1. The molecule has 0 atom stereocenters. The van der Waals surface area contributed by atoms with Gasteiger partial charge in [0, 0.05) is 25.0 Å². The van der Waals surface area contributed by atoms with E-state index < -0.39 is 0 Å². The van der Waals surface area contributed by atoms with Gasteiger partial charge in [-0.15, -0.1) is 0 Å². The smallest absolute Gasteiger partial charge is 0.204 e.